The maximum Gasteiger partial charge on any atom is 0.272 e. The van der Waals surface area contributed by atoms with Gasteiger partial charge < -0.3 is 0 Å². The molecule has 66 valence electrons. The van der Waals surface area contributed by atoms with Crippen LogP contribution in [-0.4, -0.2) is 15.7 Å². The second-order valence-corrected chi connectivity index (χ2v) is 3.10. The van der Waals surface area contributed by atoms with E-state index in [-0.39, 0.29) is 6.42 Å². The normalized spacial score (nSPS) is 25.8. The molecule has 1 atom stereocenters. The first kappa shape index (κ1) is 7.71. The molecule has 0 amide bonds. The number of hydrogen-bond donors (Lipinski definition) is 0. The van der Waals surface area contributed by atoms with Crippen LogP contribution in [0.4, 0.5) is 8.78 Å². The summed E-state index contributed by atoms with van der Waals surface area (Å²) in [7, 11) is 0. The molecule has 0 saturated heterocycles. The third-order valence-corrected chi connectivity index (χ3v) is 2.20. The predicted molar refractivity (Wildman–Crippen MR) is 40.2 cm³/mol. The number of hydrogen-bond acceptors (Lipinski definition) is 1. The van der Waals surface area contributed by atoms with Crippen molar-refractivity contribution in [3.8, 4) is 0 Å². The highest BCUT2D eigenvalue weighted by Crippen LogP contribution is 2.52. The van der Waals surface area contributed by atoms with Crippen molar-refractivity contribution in [1.82, 2.24) is 9.78 Å². The Balaban J connectivity index is 2.24. The molecule has 0 bridgehead atoms. The van der Waals surface area contributed by atoms with Crippen molar-refractivity contribution >= 4 is 0 Å². The highest BCUT2D eigenvalue weighted by Gasteiger charge is 2.59. The van der Waals surface area contributed by atoms with Crippen molar-refractivity contribution in [2.45, 2.75) is 31.7 Å². The topological polar surface area (TPSA) is 17.8 Å². The predicted octanol–water partition coefficient (Wildman–Crippen LogP) is 2.03. The van der Waals surface area contributed by atoms with Crippen molar-refractivity contribution in [2.75, 3.05) is 0 Å². The standard InChI is InChI=1S/C8H10F2N2/c1-2-6-3-4-11-12(6)7-5-8(7,9)10/h3-4,7H,2,5H2,1H3. The van der Waals surface area contributed by atoms with E-state index >= 15 is 0 Å². The Morgan fingerprint density at radius 2 is 2.42 bits per heavy atom. The van der Waals surface area contributed by atoms with Gasteiger partial charge in [0.25, 0.3) is 5.92 Å². The molecule has 4 heteroatoms. The number of aryl methyl sites for hydroxylation is 1. The summed E-state index contributed by atoms with van der Waals surface area (Å²) in [4.78, 5) is 0. The molecule has 0 aliphatic heterocycles. The third kappa shape index (κ3) is 1.02. The van der Waals surface area contributed by atoms with Crippen LogP contribution >= 0.6 is 0 Å². The van der Waals surface area contributed by atoms with E-state index in [2.05, 4.69) is 5.10 Å². The highest BCUT2D eigenvalue weighted by atomic mass is 19.3. The summed E-state index contributed by atoms with van der Waals surface area (Å²) in [6, 6.07) is 1.11. The van der Waals surface area contributed by atoms with Crippen LogP contribution in [0.15, 0.2) is 12.3 Å². The van der Waals surface area contributed by atoms with Crippen LogP contribution in [0.1, 0.15) is 25.1 Å². The van der Waals surface area contributed by atoms with Gasteiger partial charge in [0.05, 0.1) is 0 Å². The fraction of sp³-hybridized carbons (Fsp3) is 0.625. The lowest BCUT2D eigenvalue weighted by Gasteiger charge is -2.03. The molecule has 0 N–H and O–H groups in total. The van der Waals surface area contributed by atoms with E-state index in [1.54, 1.807) is 12.3 Å². The number of nitrogens with zero attached hydrogens (tertiary/aromatic N) is 2. The zero-order valence-corrected chi connectivity index (χ0v) is 6.80. The van der Waals surface area contributed by atoms with E-state index in [0.717, 1.165) is 12.1 Å². The average Bonchev–Trinajstić information content (AvgIpc) is 2.51. The van der Waals surface area contributed by atoms with Crippen LogP contribution in [0.2, 0.25) is 0 Å². The molecule has 12 heavy (non-hydrogen) atoms. The summed E-state index contributed by atoms with van der Waals surface area (Å²) in [5.41, 5.74) is 0.886. The molecule has 1 unspecified atom stereocenters. The maximum absolute atomic E-state index is 12.6. The summed E-state index contributed by atoms with van der Waals surface area (Å²) < 4.78 is 26.7. The van der Waals surface area contributed by atoms with E-state index < -0.39 is 12.0 Å². The largest absolute Gasteiger partial charge is 0.272 e. The third-order valence-electron chi connectivity index (χ3n) is 2.20. The van der Waals surface area contributed by atoms with Crippen LogP contribution < -0.4 is 0 Å². The van der Waals surface area contributed by atoms with E-state index in [1.165, 1.54) is 4.68 Å². The number of alkyl halides is 2. The van der Waals surface area contributed by atoms with Gasteiger partial charge >= 0.3 is 0 Å². The van der Waals surface area contributed by atoms with Crippen LogP contribution in [0.5, 0.6) is 0 Å². The van der Waals surface area contributed by atoms with Crippen LogP contribution in [0.3, 0.4) is 0 Å². The summed E-state index contributed by atoms with van der Waals surface area (Å²) in [6.07, 6.45) is 2.28. The minimum absolute atomic E-state index is 0.0539. The molecule has 1 aliphatic carbocycles. The number of aromatic nitrogens is 2. The Hall–Kier alpha value is -0.930. The molecule has 0 aromatic carbocycles. The molecule has 1 aromatic heterocycles. The zero-order chi connectivity index (χ0) is 8.77. The fourth-order valence-electron chi connectivity index (χ4n) is 1.37. The Morgan fingerprint density at radius 3 is 2.92 bits per heavy atom. The van der Waals surface area contributed by atoms with Crippen molar-refractivity contribution in [2.24, 2.45) is 0 Å². The van der Waals surface area contributed by atoms with Gasteiger partial charge in [-0.05, 0) is 12.5 Å². The minimum atomic E-state index is -2.52. The van der Waals surface area contributed by atoms with Gasteiger partial charge in [-0.25, -0.2) is 8.78 Å². The fourth-order valence-corrected chi connectivity index (χ4v) is 1.37. The Kier molecular flexibility index (Phi) is 1.46. The number of rotatable bonds is 2. The number of halogens is 2. The van der Waals surface area contributed by atoms with Gasteiger partial charge in [0.2, 0.25) is 0 Å². The second kappa shape index (κ2) is 2.28. The molecule has 0 spiro atoms. The monoisotopic (exact) mass is 172 g/mol. The molecular weight excluding hydrogens is 162 g/mol. The summed E-state index contributed by atoms with van der Waals surface area (Å²) >= 11 is 0. The smallest absolute Gasteiger partial charge is 0.260 e. The van der Waals surface area contributed by atoms with Gasteiger partial charge in [-0.1, -0.05) is 6.92 Å². The van der Waals surface area contributed by atoms with E-state index in [1.807, 2.05) is 6.92 Å². The van der Waals surface area contributed by atoms with Gasteiger partial charge in [-0.2, -0.15) is 5.10 Å². The molecule has 1 fully saturated rings. The first-order chi connectivity index (χ1) is 5.65. The zero-order valence-electron chi connectivity index (χ0n) is 6.80. The average molecular weight is 172 g/mol. The second-order valence-electron chi connectivity index (χ2n) is 3.10. The summed E-state index contributed by atoms with van der Waals surface area (Å²) in [6.45, 7) is 1.94. The minimum Gasteiger partial charge on any atom is -0.260 e. The van der Waals surface area contributed by atoms with Gasteiger partial charge in [0.15, 0.2) is 0 Å². The van der Waals surface area contributed by atoms with Gasteiger partial charge in [-0.15, -0.1) is 0 Å². The first-order valence-corrected chi connectivity index (χ1v) is 4.05. The molecule has 0 radical (unpaired) electrons. The quantitative estimate of drug-likeness (QED) is 0.667. The van der Waals surface area contributed by atoms with Gasteiger partial charge in [0, 0.05) is 18.3 Å². The lowest BCUT2D eigenvalue weighted by Crippen LogP contribution is -2.07. The van der Waals surface area contributed by atoms with Crippen LogP contribution in [0, 0.1) is 0 Å². The SMILES string of the molecule is CCc1ccnn1C1CC1(F)F. The Bertz CT molecular complexity index is 293. The maximum atomic E-state index is 12.6. The summed E-state index contributed by atoms with van der Waals surface area (Å²) in [5.74, 6) is -2.52. The molecule has 1 aromatic rings. The molecule has 2 nitrogen and oxygen atoms in total. The van der Waals surface area contributed by atoms with E-state index in [4.69, 9.17) is 0 Å². The molecule has 1 aliphatic rings. The molecular formula is C8H10F2N2. The lowest BCUT2D eigenvalue weighted by atomic mass is 10.3. The van der Waals surface area contributed by atoms with Crippen molar-refractivity contribution in [1.29, 1.82) is 0 Å². The molecule has 1 saturated carbocycles. The molecule has 2 rings (SSSR count). The highest BCUT2D eigenvalue weighted by molar-refractivity contribution is 5.09. The van der Waals surface area contributed by atoms with Crippen molar-refractivity contribution in [3.63, 3.8) is 0 Å². The van der Waals surface area contributed by atoms with Crippen molar-refractivity contribution < 1.29 is 8.78 Å². The van der Waals surface area contributed by atoms with Gasteiger partial charge in [0.1, 0.15) is 6.04 Å². The van der Waals surface area contributed by atoms with Crippen LogP contribution in [-0.2, 0) is 6.42 Å². The van der Waals surface area contributed by atoms with Crippen LogP contribution in [0.25, 0.3) is 0 Å². The van der Waals surface area contributed by atoms with Gasteiger partial charge in [-0.3, -0.25) is 4.68 Å². The van der Waals surface area contributed by atoms with Crippen molar-refractivity contribution in [3.05, 3.63) is 18.0 Å². The molecule has 1 heterocycles. The Morgan fingerprint density at radius 1 is 1.75 bits per heavy atom. The Labute approximate surface area is 69.2 Å². The summed E-state index contributed by atoms with van der Waals surface area (Å²) in [5, 5.41) is 3.88. The lowest BCUT2D eigenvalue weighted by molar-refractivity contribution is 0.0977. The van der Waals surface area contributed by atoms with E-state index in [0.29, 0.717) is 0 Å². The van der Waals surface area contributed by atoms with E-state index in [9.17, 15) is 8.78 Å². The first-order valence-electron chi connectivity index (χ1n) is 4.05.